The number of likely N-dealkylation sites (tertiary alicyclic amines) is 1. The van der Waals surface area contributed by atoms with Gasteiger partial charge in [-0.2, -0.15) is 5.26 Å². The zero-order valence-electron chi connectivity index (χ0n) is 17.4. The second kappa shape index (κ2) is 8.50. The number of carboxylic acid groups (broad SMARTS) is 1. The van der Waals surface area contributed by atoms with Crippen LogP contribution in [0.3, 0.4) is 0 Å². The topological polar surface area (TPSA) is 99.9 Å². The molecule has 2 fully saturated rings. The fourth-order valence-electron chi connectivity index (χ4n) is 4.36. The highest BCUT2D eigenvalue weighted by molar-refractivity contribution is 5.80. The molecule has 162 valence electrons. The Hall–Kier alpha value is -2.82. The van der Waals surface area contributed by atoms with E-state index in [0.717, 1.165) is 6.42 Å². The molecule has 0 unspecified atom stereocenters. The van der Waals surface area contributed by atoms with Crippen molar-refractivity contribution >= 4 is 12.1 Å². The molecule has 30 heavy (non-hydrogen) atoms. The van der Waals surface area contributed by atoms with E-state index in [1.165, 1.54) is 17.0 Å². The van der Waals surface area contributed by atoms with Crippen molar-refractivity contribution in [1.82, 2.24) is 4.90 Å². The van der Waals surface area contributed by atoms with Gasteiger partial charge in [0.05, 0.1) is 6.10 Å². The van der Waals surface area contributed by atoms with Gasteiger partial charge in [0.1, 0.15) is 34.8 Å². The molecule has 1 aliphatic heterocycles. The zero-order valence-corrected chi connectivity index (χ0v) is 17.4. The summed E-state index contributed by atoms with van der Waals surface area (Å²) in [6.07, 6.45) is 1.50. The van der Waals surface area contributed by atoms with Crippen LogP contribution >= 0.6 is 0 Å². The Bertz CT molecular complexity index is 860. The molecule has 0 aromatic heterocycles. The minimum Gasteiger partial charge on any atom is -0.489 e. The molecule has 1 aromatic carbocycles. The van der Waals surface area contributed by atoms with Gasteiger partial charge in [-0.05, 0) is 70.4 Å². The first-order valence-electron chi connectivity index (χ1n) is 10.2. The number of carbonyl (C=O) groups excluding carboxylic acids is 1. The number of benzene rings is 1. The number of nitriles is 1. The second-order valence-electron chi connectivity index (χ2n) is 9.02. The van der Waals surface area contributed by atoms with Crippen LogP contribution in [0.15, 0.2) is 18.2 Å². The third kappa shape index (κ3) is 4.84. The molecule has 0 spiro atoms. The summed E-state index contributed by atoms with van der Waals surface area (Å²) in [5.74, 6) is -1.26. The van der Waals surface area contributed by atoms with Gasteiger partial charge in [-0.3, -0.25) is 4.90 Å². The monoisotopic (exact) mass is 418 g/mol. The molecule has 1 aromatic rings. The number of fused-ring (bicyclic) bond motifs is 1. The van der Waals surface area contributed by atoms with E-state index in [-0.39, 0.29) is 29.3 Å². The number of hydrogen-bond acceptors (Lipinski definition) is 5. The van der Waals surface area contributed by atoms with E-state index in [0.29, 0.717) is 25.8 Å². The summed E-state index contributed by atoms with van der Waals surface area (Å²) in [7, 11) is 0. The predicted molar refractivity (Wildman–Crippen MR) is 105 cm³/mol. The average Bonchev–Trinajstić information content (AvgIpc) is 2.65. The Kier molecular flexibility index (Phi) is 6.20. The van der Waals surface area contributed by atoms with E-state index in [2.05, 4.69) is 0 Å². The Morgan fingerprint density at radius 2 is 1.97 bits per heavy atom. The van der Waals surface area contributed by atoms with Crippen LogP contribution in [0, 0.1) is 29.0 Å². The van der Waals surface area contributed by atoms with Crippen LogP contribution in [0.25, 0.3) is 0 Å². The predicted octanol–water partition coefficient (Wildman–Crippen LogP) is 3.96. The van der Waals surface area contributed by atoms with Gasteiger partial charge in [-0.25, -0.2) is 14.0 Å². The Balaban J connectivity index is 1.70. The summed E-state index contributed by atoms with van der Waals surface area (Å²) in [6, 6.07) is 5.16. The summed E-state index contributed by atoms with van der Waals surface area (Å²) in [5, 5.41) is 18.9. The fourth-order valence-corrected chi connectivity index (χ4v) is 4.36. The van der Waals surface area contributed by atoms with Gasteiger partial charge in [0, 0.05) is 6.54 Å². The van der Waals surface area contributed by atoms with Crippen LogP contribution in [0.5, 0.6) is 5.75 Å². The first kappa shape index (κ1) is 21.9. The van der Waals surface area contributed by atoms with Gasteiger partial charge in [0.2, 0.25) is 0 Å². The minimum atomic E-state index is -1.06. The Morgan fingerprint density at radius 1 is 1.23 bits per heavy atom. The number of amides is 1. The van der Waals surface area contributed by atoms with Crippen LogP contribution in [0.2, 0.25) is 0 Å². The lowest BCUT2D eigenvalue weighted by atomic mass is 9.72. The van der Waals surface area contributed by atoms with Crippen LogP contribution in [-0.4, -0.2) is 46.4 Å². The molecule has 2 aliphatic rings. The normalized spacial score (nSPS) is 26.3. The molecule has 4 atom stereocenters. The number of hydrogen-bond donors (Lipinski definition) is 1. The molecular formula is C22H27FN2O5. The Labute approximate surface area is 175 Å². The van der Waals surface area contributed by atoms with Gasteiger partial charge in [-0.1, -0.05) is 6.07 Å². The highest BCUT2D eigenvalue weighted by atomic mass is 19.1. The summed E-state index contributed by atoms with van der Waals surface area (Å²) >= 11 is 0. The summed E-state index contributed by atoms with van der Waals surface area (Å²) < 4.78 is 25.2. The lowest BCUT2D eigenvalue weighted by Crippen LogP contribution is -2.56. The molecule has 8 heteroatoms. The molecule has 0 radical (unpaired) electrons. The van der Waals surface area contributed by atoms with Crippen molar-refractivity contribution in [3.63, 3.8) is 0 Å². The number of aliphatic carboxylic acids is 1. The average molecular weight is 418 g/mol. The number of rotatable bonds is 3. The summed E-state index contributed by atoms with van der Waals surface area (Å²) in [4.78, 5) is 25.7. The third-order valence-electron chi connectivity index (χ3n) is 5.72. The van der Waals surface area contributed by atoms with Gasteiger partial charge in [0.15, 0.2) is 0 Å². The maximum atomic E-state index is 13.8. The van der Waals surface area contributed by atoms with Crippen LogP contribution in [-0.2, 0) is 9.53 Å². The van der Waals surface area contributed by atoms with Crippen molar-refractivity contribution in [3.05, 3.63) is 29.6 Å². The summed E-state index contributed by atoms with van der Waals surface area (Å²) in [6.45, 7) is 5.57. The standard InChI is InChI=1S/C22H27FN2O5/c1-22(2,3)30-21(28)25-12-13-7-8-15(9-14(13)10-18(25)20(26)27)29-19-6-4-5-17(23)16(19)11-24/h4-6,13-15,18H,7-10,12H2,1-3H3,(H,26,27)/t13-,14+,15-,18-/m0/s1. The number of ether oxygens (including phenoxy) is 2. The molecule has 0 bridgehead atoms. The molecule has 7 nitrogen and oxygen atoms in total. The largest absolute Gasteiger partial charge is 0.489 e. The zero-order chi connectivity index (χ0) is 22.1. The van der Waals surface area contributed by atoms with Gasteiger partial charge in [0.25, 0.3) is 0 Å². The van der Waals surface area contributed by atoms with Gasteiger partial charge in [-0.15, -0.1) is 0 Å². The van der Waals surface area contributed by atoms with Crippen molar-refractivity contribution in [1.29, 1.82) is 5.26 Å². The smallest absolute Gasteiger partial charge is 0.411 e. The highest BCUT2D eigenvalue weighted by Crippen LogP contribution is 2.40. The molecule has 1 heterocycles. The molecular weight excluding hydrogens is 391 g/mol. The number of carboxylic acids is 1. The van der Waals surface area contributed by atoms with Gasteiger partial charge >= 0.3 is 12.1 Å². The van der Waals surface area contributed by atoms with Crippen molar-refractivity contribution in [2.75, 3.05) is 6.54 Å². The van der Waals surface area contributed by atoms with E-state index in [9.17, 15) is 24.3 Å². The maximum Gasteiger partial charge on any atom is 0.411 e. The quantitative estimate of drug-likeness (QED) is 0.798. The van der Waals surface area contributed by atoms with E-state index in [1.54, 1.807) is 26.8 Å². The fraction of sp³-hybridized carbons (Fsp3) is 0.591. The molecule has 1 amide bonds. The number of piperidine rings is 1. The van der Waals surface area contributed by atoms with Crippen molar-refractivity contribution in [2.24, 2.45) is 11.8 Å². The maximum absolute atomic E-state index is 13.8. The van der Waals surface area contributed by atoms with Gasteiger partial charge < -0.3 is 14.6 Å². The van der Waals surface area contributed by atoms with E-state index in [4.69, 9.17) is 9.47 Å². The van der Waals surface area contributed by atoms with Crippen LogP contribution in [0.4, 0.5) is 9.18 Å². The van der Waals surface area contributed by atoms with E-state index < -0.39 is 29.5 Å². The minimum absolute atomic E-state index is 0.0580. The molecule has 1 saturated heterocycles. The molecule has 1 saturated carbocycles. The first-order chi connectivity index (χ1) is 14.1. The van der Waals surface area contributed by atoms with Crippen LogP contribution in [0.1, 0.15) is 52.0 Å². The van der Waals surface area contributed by atoms with Crippen molar-refractivity contribution in [2.45, 2.75) is 64.2 Å². The summed E-state index contributed by atoms with van der Waals surface area (Å²) in [5.41, 5.74) is -0.825. The molecule has 1 N–H and O–H groups in total. The van der Waals surface area contributed by atoms with Crippen molar-refractivity contribution < 1.29 is 28.6 Å². The third-order valence-corrected chi connectivity index (χ3v) is 5.72. The van der Waals surface area contributed by atoms with Crippen molar-refractivity contribution in [3.8, 4) is 11.8 Å². The van der Waals surface area contributed by atoms with Crippen LogP contribution < -0.4 is 4.74 Å². The number of nitrogens with zero attached hydrogens (tertiary/aromatic N) is 2. The molecule has 3 rings (SSSR count). The van der Waals surface area contributed by atoms with E-state index >= 15 is 0 Å². The number of carbonyl (C=O) groups is 2. The second-order valence-corrected chi connectivity index (χ2v) is 9.02. The lowest BCUT2D eigenvalue weighted by molar-refractivity contribution is -0.147. The molecule has 1 aliphatic carbocycles. The SMILES string of the molecule is CC(C)(C)OC(=O)N1C[C@@H]2CC[C@H](Oc3cccc(F)c3C#N)C[C@@H]2C[C@H]1C(=O)O. The Morgan fingerprint density at radius 3 is 2.60 bits per heavy atom. The van der Waals surface area contributed by atoms with E-state index in [1.807, 2.05) is 6.07 Å². The number of halogens is 1. The first-order valence-corrected chi connectivity index (χ1v) is 10.2. The lowest BCUT2D eigenvalue weighted by Gasteiger charge is -2.46. The highest BCUT2D eigenvalue weighted by Gasteiger charge is 2.45.